The van der Waals surface area contributed by atoms with E-state index in [1.54, 1.807) is 0 Å². The number of thiophene rings is 1. The topological polar surface area (TPSA) is 3.24 Å². The summed E-state index contributed by atoms with van der Waals surface area (Å²) >= 11 is 1.86. The fraction of sp³-hybridized carbons (Fsp3) is 0. The SMILES string of the molecule is c1ccc(-c2ccc(N(c3ccc(-c4ccc5ccc(-c6ccccc6)cc5c4)cc3)c3cccc4c3sc3ccccc34)cc2)cc1. The second-order valence-corrected chi connectivity index (χ2v) is 13.2. The number of hydrogen-bond acceptors (Lipinski definition) is 2. The van der Waals surface area contributed by atoms with E-state index in [0.717, 1.165) is 11.4 Å². The molecule has 0 fully saturated rings. The van der Waals surface area contributed by atoms with E-state index >= 15 is 0 Å². The quantitative estimate of drug-likeness (QED) is 0.177. The summed E-state index contributed by atoms with van der Waals surface area (Å²) in [6, 6.07) is 68.1. The van der Waals surface area contributed by atoms with Crippen LogP contribution in [0.3, 0.4) is 0 Å². The van der Waals surface area contributed by atoms with E-state index in [1.165, 1.54) is 70.0 Å². The molecule has 0 spiro atoms. The molecule has 0 saturated heterocycles. The summed E-state index contributed by atoms with van der Waals surface area (Å²) in [5.41, 5.74) is 10.8. The fourth-order valence-corrected chi connectivity index (χ4v) is 8.01. The molecule has 0 amide bonds. The maximum atomic E-state index is 2.41. The molecular formula is C46H31NS. The largest absolute Gasteiger partial charge is 0.309 e. The third-order valence-electron chi connectivity index (χ3n) is 9.26. The van der Waals surface area contributed by atoms with Gasteiger partial charge in [-0.1, -0.05) is 140 Å². The molecule has 226 valence electrons. The lowest BCUT2D eigenvalue weighted by Crippen LogP contribution is -2.10. The van der Waals surface area contributed by atoms with Crippen molar-refractivity contribution in [2.24, 2.45) is 0 Å². The lowest BCUT2D eigenvalue weighted by molar-refractivity contribution is 1.30. The Morgan fingerprint density at radius 2 is 0.812 bits per heavy atom. The molecule has 1 nitrogen and oxygen atoms in total. The Hall–Kier alpha value is -5.96. The van der Waals surface area contributed by atoms with Gasteiger partial charge in [-0.05, 0) is 92.7 Å². The average molecular weight is 630 g/mol. The van der Waals surface area contributed by atoms with Crippen LogP contribution in [0.2, 0.25) is 0 Å². The molecule has 8 aromatic carbocycles. The molecule has 2 heteroatoms. The van der Waals surface area contributed by atoms with E-state index < -0.39 is 0 Å². The maximum absolute atomic E-state index is 2.41. The lowest BCUT2D eigenvalue weighted by Gasteiger charge is -2.26. The van der Waals surface area contributed by atoms with Crippen molar-refractivity contribution in [1.82, 2.24) is 0 Å². The number of fused-ring (bicyclic) bond motifs is 4. The maximum Gasteiger partial charge on any atom is 0.0640 e. The van der Waals surface area contributed by atoms with Crippen LogP contribution in [-0.2, 0) is 0 Å². The summed E-state index contributed by atoms with van der Waals surface area (Å²) in [5.74, 6) is 0. The molecule has 0 aliphatic heterocycles. The van der Waals surface area contributed by atoms with Gasteiger partial charge in [-0.2, -0.15) is 0 Å². The van der Waals surface area contributed by atoms with Crippen molar-refractivity contribution < 1.29 is 0 Å². The molecule has 0 N–H and O–H groups in total. The Labute approximate surface area is 284 Å². The fourth-order valence-electron chi connectivity index (χ4n) is 6.81. The summed E-state index contributed by atoms with van der Waals surface area (Å²) < 4.78 is 2.60. The van der Waals surface area contributed by atoms with Crippen molar-refractivity contribution in [3.63, 3.8) is 0 Å². The van der Waals surface area contributed by atoms with Crippen LogP contribution in [0.5, 0.6) is 0 Å². The molecule has 0 aliphatic rings. The van der Waals surface area contributed by atoms with Crippen molar-refractivity contribution >= 4 is 59.3 Å². The summed E-state index contributed by atoms with van der Waals surface area (Å²) in [6.07, 6.45) is 0. The highest BCUT2D eigenvalue weighted by Crippen LogP contribution is 2.45. The molecule has 0 radical (unpaired) electrons. The van der Waals surface area contributed by atoms with Crippen LogP contribution in [0.25, 0.3) is 64.3 Å². The van der Waals surface area contributed by atoms with Gasteiger partial charge in [-0.3, -0.25) is 0 Å². The molecular weight excluding hydrogens is 599 g/mol. The Bertz CT molecular complexity index is 2530. The van der Waals surface area contributed by atoms with Crippen LogP contribution in [-0.4, -0.2) is 0 Å². The van der Waals surface area contributed by atoms with E-state index in [2.05, 4.69) is 193 Å². The molecule has 9 aromatic rings. The molecule has 48 heavy (non-hydrogen) atoms. The monoisotopic (exact) mass is 629 g/mol. The number of benzene rings is 8. The molecule has 1 heterocycles. The van der Waals surface area contributed by atoms with Gasteiger partial charge in [-0.15, -0.1) is 11.3 Å². The minimum Gasteiger partial charge on any atom is -0.309 e. The molecule has 9 rings (SSSR count). The zero-order valence-corrected chi connectivity index (χ0v) is 27.1. The first-order valence-corrected chi connectivity index (χ1v) is 17.2. The standard InChI is InChI=1S/C46H31NS/c1-3-10-32(11-4-1)34-22-26-40(27-23-34)47(44-16-9-15-43-42-14-7-8-17-45(42)48-46(43)44)41-28-24-35(25-29-41)38-21-19-36-18-20-37(30-39(36)31-38)33-12-5-2-6-13-33/h1-31H. The first kappa shape index (κ1) is 28.3. The molecule has 0 unspecified atom stereocenters. The second kappa shape index (κ2) is 12.0. The van der Waals surface area contributed by atoms with Gasteiger partial charge in [-0.25, -0.2) is 0 Å². The minimum atomic E-state index is 1.13. The van der Waals surface area contributed by atoms with Crippen LogP contribution in [0.15, 0.2) is 188 Å². The molecule has 0 bridgehead atoms. The Kier molecular flexibility index (Phi) is 7.07. The van der Waals surface area contributed by atoms with E-state index in [-0.39, 0.29) is 0 Å². The van der Waals surface area contributed by atoms with E-state index in [0.29, 0.717) is 0 Å². The normalized spacial score (nSPS) is 11.3. The van der Waals surface area contributed by atoms with E-state index in [4.69, 9.17) is 0 Å². The number of hydrogen-bond donors (Lipinski definition) is 0. The van der Waals surface area contributed by atoms with Crippen molar-refractivity contribution in [3.05, 3.63) is 188 Å². The minimum absolute atomic E-state index is 1.13. The third-order valence-corrected chi connectivity index (χ3v) is 10.5. The van der Waals surface area contributed by atoms with Crippen molar-refractivity contribution in [1.29, 1.82) is 0 Å². The highest BCUT2D eigenvalue weighted by atomic mass is 32.1. The zero-order valence-electron chi connectivity index (χ0n) is 26.3. The molecule has 1 aromatic heterocycles. The van der Waals surface area contributed by atoms with E-state index in [9.17, 15) is 0 Å². The van der Waals surface area contributed by atoms with Crippen molar-refractivity contribution in [2.75, 3.05) is 4.90 Å². The number of anilines is 3. The molecule has 0 saturated carbocycles. The Morgan fingerprint density at radius 3 is 1.44 bits per heavy atom. The molecule has 0 atom stereocenters. The lowest BCUT2D eigenvalue weighted by atomic mass is 9.97. The van der Waals surface area contributed by atoms with Crippen molar-refractivity contribution in [2.45, 2.75) is 0 Å². The highest BCUT2D eigenvalue weighted by molar-refractivity contribution is 7.26. The van der Waals surface area contributed by atoms with Gasteiger partial charge in [0.1, 0.15) is 0 Å². The van der Waals surface area contributed by atoms with Gasteiger partial charge in [0.05, 0.1) is 10.4 Å². The van der Waals surface area contributed by atoms with Gasteiger partial charge in [0.2, 0.25) is 0 Å². The van der Waals surface area contributed by atoms with Gasteiger partial charge in [0, 0.05) is 26.8 Å². The first-order valence-electron chi connectivity index (χ1n) is 16.3. The Balaban J connectivity index is 1.14. The van der Waals surface area contributed by atoms with Gasteiger partial charge in [0.25, 0.3) is 0 Å². The average Bonchev–Trinajstić information content (AvgIpc) is 3.55. The first-order chi connectivity index (χ1) is 23.8. The summed E-state index contributed by atoms with van der Waals surface area (Å²) in [4.78, 5) is 2.41. The van der Waals surface area contributed by atoms with E-state index in [1.807, 2.05) is 11.3 Å². The summed E-state index contributed by atoms with van der Waals surface area (Å²) in [5, 5.41) is 5.09. The highest BCUT2D eigenvalue weighted by Gasteiger charge is 2.18. The van der Waals surface area contributed by atoms with Crippen LogP contribution in [0, 0.1) is 0 Å². The van der Waals surface area contributed by atoms with Crippen molar-refractivity contribution in [3.8, 4) is 33.4 Å². The van der Waals surface area contributed by atoms with Gasteiger partial charge >= 0.3 is 0 Å². The van der Waals surface area contributed by atoms with Gasteiger partial charge < -0.3 is 4.90 Å². The van der Waals surface area contributed by atoms with Crippen LogP contribution in [0.1, 0.15) is 0 Å². The van der Waals surface area contributed by atoms with Crippen LogP contribution < -0.4 is 4.90 Å². The van der Waals surface area contributed by atoms with Gasteiger partial charge in [0.15, 0.2) is 0 Å². The van der Waals surface area contributed by atoms with Crippen LogP contribution in [0.4, 0.5) is 17.1 Å². The Morgan fingerprint density at radius 1 is 0.333 bits per heavy atom. The number of nitrogens with zero attached hydrogens (tertiary/aromatic N) is 1. The predicted octanol–water partition coefficient (Wildman–Crippen LogP) is 13.7. The smallest absolute Gasteiger partial charge is 0.0640 e. The number of rotatable bonds is 6. The molecule has 0 aliphatic carbocycles. The van der Waals surface area contributed by atoms with Crippen LogP contribution >= 0.6 is 11.3 Å². The third kappa shape index (κ3) is 5.13. The summed E-state index contributed by atoms with van der Waals surface area (Å²) in [6.45, 7) is 0. The summed E-state index contributed by atoms with van der Waals surface area (Å²) in [7, 11) is 0. The second-order valence-electron chi connectivity index (χ2n) is 12.2. The zero-order chi connectivity index (χ0) is 31.9. The predicted molar refractivity (Wildman–Crippen MR) is 208 cm³/mol.